The molecule has 142 valence electrons. The monoisotopic (exact) mass is 417 g/mol. The number of nitrogens with two attached hydrogens (primary N) is 1. The normalized spacial score (nSPS) is 10.8. The number of ether oxygens (including phenoxy) is 1. The molecule has 0 spiro atoms. The maximum Gasteiger partial charge on any atom is 0.248 e. The average Bonchev–Trinajstić information content (AvgIpc) is 2.67. The lowest BCUT2D eigenvalue weighted by Gasteiger charge is -2.07. The van der Waals surface area contributed by atoms with Crippen molar-refractivity contribution in [3.05, 3.63) is 82.4 Å². The Hall–Kier alpha value is -3.09. The Balaban J connectivity index is 1.67. The molecule has 0 bridgehead atoms. The second-order valence-electron chi connectivity index (χ2n) is 5.66. The highest BCUT2D eigenvalue weighted by Crippen LogP contribution is 2.31. The van der Waals surface area contributed by atoms with E-state index in [1.165, 1.54) is 42.6 Å². The second-order valence-corrected chi connectivity index (χ2v) is 6.47. The first kappa shape index (κ1) is 19.7. The van der Waals surface area contributed by atoms with Crippen molar-refractivity contribution in [2.24, 2.45) is 0 Å². The number of amides is 1. The minimum absolute atomic E-state index is 0.0563. The SMILES string of the molecule is Nc1c(Cl)cc(NC(=O)/C=C/c2ccc(Oc3cccnc3)c(F)c2)cc1Cl. The molecule has 0 radical (unpaired) electrons. The van der Waals surface area contributed by atoms with Crippen LogP contribution in [0.5, 0.6) is 11.5 Å². The summed E-state index contributed by atoms with van der Waals surface area (Å²) in [5, 5.41) is 3.07. The molecule has 3 aromatic rings. The molecule has 1 aromatic heterocycles. The largest absolute Gasteiger partial charge is 0.453 e. The summed E-state index contributed by atoms with van der Waals surface area (Å²) in [6, 6.07) is 10.7. The van der Waals surface area contributed by atoms with Crippen molar-refractivity contribution < 1.29 is 13.9 Å². The van der Waals surface area contributed by atoms with Gasteiger partial charge in [-0.1, -0.05) is 29.3 Å². The number of carbonyl (C=O) groups is 1. The maximum atomic E-state index is 14.2. The van der Waals surface area contributed by atoms with Gasteiger partial charge in [0.15, 0.2) is 11.6 Å². The van der Waals surface area contributed by atoms with E-state index in [1.807, 2.05) is 0 Å². The van der Waals surface area contributed by atoms with Gasteiger partial charge in [-0.15, -0.1) is 0 Å². The lowest BCUT2D eigenvalue weighted by Crippen LogP contribution is -2.08. The third-order valence-corrected chi connectivity index (χ3v) is 4.22. The summed E-state index contributed by atoms with van der Waals surface area (Å²) in [5.74, 6) is -0.526. The molecule has 2 aromatic carbocycles. The number of pyridine rings is 1. The lowest BCUT2D eigenvalue weighted by molar-refractivity contribution is -0.111. The fourth-order valence-electron chi connectivity index (χ4n) is 2.25. The van der Waals surface area contributed by atoms with E-state index in [9.17, 15) is 9.18 Å². The van der Waals surface area contributed by atoms with Crippen molar-refractivity contribution in [1.82, 2.24) is 4.98 Å². The fourth-order valence-corrected chi connectivity index (χ4v) is 2.74. The third kappa shape index (κ3) is 5.00. The number of rotatable bonds is 5. The predicted molar refractivity (Wildman–Crippen MR) is 109 cm³/mol. The molecule has 0 aliphatic carbocycles. The topological polar surface area (TPSA) is 77.2 Å². The molecule has 28 heavy (non-hydrogen) atoms. The van der Waals surface area contributed by atoms with E-state index >= 15 is 0 Å². The van der Waals surface area contributed by atoms with E-state index in [0.29, 0.717) is 17.0 Å². The van der Waals surface area contributed by atoms with Crippen molar-refractivity contribution in [2.45, 2.75) is 0 Å². The Morgan fingerprint density at radius 2 is 1.93 bits per heavy atom. The van der Waals surface area contributed by atoms with Gasteiger partial charge in [-0.25, -0.2) is 4.39 Å². The number of benzene rings is 2. The van der Waals surface area contributed by atoms with E-state index in [4.69, 9.17) is 33.7 Å². The number of aromatic nitrogens is 1. The highest BCUT2D eigenvalue weighted by molar-refractivity contribution is 6.39. The molecule has 1 amide bonds. The first-order valence-corrected chi connectivity index (χ1v) is 8.79. The minimum atomic E-state index is -0.566. The molecular formula is C20H14Cl2FN3O2. The predicted octanol–water partition coefficient (Wildman–Crippen LogP) is 5.55. The van der Waals surface area contributed by atoms with Crippen molar-refractivity contribution in [3.63, 3.8) is 0 Å². The second kappa shape index (κ2) is 8.73. The molecule has 1 heterocycles. The molecule has 8 heteroatoms. The van der Waals surface area contributed by atoms with Gasteiger partial charge in [0.2, 0.25) is 5.91 Å². The Kier molecular flexibility index (Phi) is 6.13. The molecular weight excluding hydrogens is 404 g/mol. The number of anilines is 2. The van der Waals surface area contributed by atoms with Crippen LogP contribution in [0, 0.1) is 5.82 Å². The zero-order chi connectivity index (χ0) is 20.1. The Morgan fingerprint density at radius 3 is 2.57 bits per heavy atom. The van der Waals surface area contributed by atoms with Gasteiger partial charge in [0, 0.05) is 18.0 Å². The van der Waals surface area contributed by atoms with E-state index < -0.39 is 11.7 Å². The molecule has 5 nitrogen and oxygen atoms in total. The average molecular weight is 418 g/mol. The molecule has 0 saturated carbocycles. The van der Waals surface area contributed by atoms with Gasteiger partial charge in [-0.2, -0.15) is 0 Å². The van der Waals surface area contributed by atoms with Gasteiger partial charge < -0.3 is 15.8 Å². The number of carbonyl (C=O) groups excluding carboxylic acids is 1. The van der Waals surface area contributed by atoms with E-state index in [2.05, 4.69) is 10.3 Å². The first-order chi connectivity index (χ1) is 13.4. The molecule has 3 rings (SSSR count). The van der Waals surface area contributed by atoms with Crippen LogP contribution in [0.1, 0.15) is 5.56 Å². The summed E-state index contributed by atoms with van der Waals surface area (Å²) in [4.78, 5) is 15.9. The molecule has 0 aliphatic rings. The smallest absolute Gasteiger partial charge is 0.248 e. The molecule has 0 aliphatic heterocycles. The molecule has 0 unspecified atom stereocenters. The van der Waals surface area contributed by atoms with Crippen LogP contribution >= 0.6 is 23.2 Å². The van der Waals surface area contributed by atoms with Gasteiger partial charge in [0.05, 0.1) is 21.9 Å². The van der Waals surface area contributed by atoms with Crippen LogP contribution in [0.3, 0.4) is 0 Å². The van der Waals surface area contributed by atoms with Crippen LogP contribution in [0.25, 0.3) is 6.08 Å². The van der Waals surface area contributed by atoms with Gasteiger partial charge >= 0.3 is 0 Å². The molecule has 0 atom stereocenters. The molecule has 0 saturated heterocycles. The summed E-state index contributed by atoms with van der Waals surface area (Å²) in [5.41, 5.74) is 6.77. The standard InChI is InChI=1S/C20H14Cl2FN3O2/c21-15-9-13(10-16(22)20(15)24)26-19(27)6-4-12-3-5-18(17(23)8-12)28-14-2-1-7-25-11-14/h1-11H,24H2,(H,26,27)/b6-4+. The first-order valence-electron chi connectivity index (χ1n) is 8.03. The van der Waals surface area contributed by atoms with Crippen molar-refractivity contribution >= 4 is 46.6 Å². The van der Waals surface area contributed by atoms with Gasteiger partial charge in [0.25, 0.3) is 0 Å². The summed E-state index contributed by atoms with van der Waals surface area (Å²) < 4.78 is 19.6. The van der Waals surface area contributed by atoms with Crippen LogP contribution in [-0.2, 0) is 4.79 Å². The highest BCUT2D eigenvalue weighted by Gasteiger charge is 2.08. The number of nitrogen functional groups attached to an aromatic ring is 1. The summed E-state index contributed by atoms with van der Waals surface area (Å²) >= 11 is 11.9. The summed E-state index contributed by atoms with van der Waals surface area (Å²) in [6.45, 7) is 0. The van der Waals surface area contributed by atoms with E-state index in [-0.39, 0.29) is 21.5 Å². The van der Waals surface area contributed by atoms with Crippen LogP contribution in [0.2, 0.25) is 10.0 Å². The van der Waals surface area contributed by atoms with Crippen LogP contribution < -0.4 is 15.8 Å². The fraction of sp³-hybridized carbons (Fsp3) is 0. The number of nitrogens with one attached hydrogen (secondary N) is 1. The van der Waals surface area contributed by atoms with Gasteiger partial charge in [0.1, 0.15) is 5.75 Å². The molecule has 0 fully saturated rings. The summed E-state index contributed by atoms with van der Waals surface area (Å²) in [6.07, 6.45) is 5.79. The number of hydrogen-bond acceptors (Lipinski definition) is 4. The highest BCUT2D eigenvalue weighted by atomic mass is 35.5. The summed E-state index contributed by atoms with van der Waals surface area (Å²) in [7, 11) is 0. The number of halogens is 3. The van der Waals surface area contributed by atoms with Crippen LogP contribution in [0.4, 0.5) is 15.8 Å². The Bertz CT molecular complexity index is 1020. The van der Waals surface area contributed by atoms with Crippen molar-refractivity contribution in [1.29, 1.82) is 0 Å². The Labute approximate surface area is 170 Å². The minimum Gasteiger partial charge on any atom is -0.453 e. The van der Waals surface area contributed by atoms with Crippen molar-refractivity contribution in [2.75, 3.05) is 11.1 Å². The third-order valence-electron chi connectivity index (χ3n) is 3.59. The maximum absolute atomic E-state index is 14.2. The zero-order valence-corrected chi connectivity index (χ0v) is 15.8. The van der Waals surface area contributed by atoms with Crippen LogP contribution in [-0.4, -0.2) is 10.9 Å². The van der Waals surface area contributed by atoms with E-state index in [0.717, 1.165) is 0 Å². The Morgan fingerprint density at radius 1 is 1.18 bits per heavy atom. The van der Waals surface area contributed by atoms with Gasteiger partial charge in [-0.3, -0.25) is 9.78 Å². The lowest BCUT2D eigenvalue weighted by atomic mass is 10.2. The zero-order valence-electron chi connectivity index (χ0n) is 14.3. The van der Waals surface area contributed by atoms with Crippen LogP contribution in [0.15, 0.2) is 60.9 Å². The van der Waals surface area contributed by atoms with E-state index in [1.54, 1.807) is 24.4 Å². The number of nitrogens with zero attached hydrogens (tertiary/aromatic N) is 1. The van der Waals surface area contributed by atoms with Gasteiger partial charge in [-0.05, 0) is 48.0 Å². The quantitative estimate of drug-likeness (QED) is 0.421. The van der Waals surface area contributed by atoms with Crippen molar-refractivity contribution in [3.8, 4) is 11.5 Å². The number of hydrogen-bond donors (Lipinski definition) is 2. The molecule has 3 N–H and O–H groups in total.